The van der Waals surface area contributed by atoms with Crippen molar-refractivity contribution in [3.63, 3.8) is 0 Å². The van der Waals surface area contributed by atoms with Crippen molar-refractivity contribution in [1.82, 2.24) is 0 Å². The van der Waals surface area contributed by atoms with Crippen LogP contribution in [0.5, 0.6) is 0 Å². The van der Waals surface area contributed by atoms with Gasteiger partial charge in [0.1, 0.15) is 0 Å². The van der Waals surface area contributed by atoms with Crippen molar-refractivity contribution in [3.8, 4) is 0 Å². The number of aliphatic hydroxyl groups excluding tert-OH is 1. The summed E-state index contributed by atoms with van der Waals surface area (Å²) in [6.07, 6.45) is 1.19. The lowest BCUT2D eigenvalue weighted by Gasteiger charge is -1.89. The molecular weight excluding hydrogens is 144 g/mol. The van der Waals surface area contributed by atoms with E-state index in [2.05, 4.69) is 17.5 Å². The molecule has 0 aliphatic heterocycles. The van der Waals surface area contributed by atoms with E-state index < -0.39 is 0 Å². The van der Waals surface area contributed by atoms with Gasteiger partial charge in [0.15, 0.2) is 0 Å². The Morgan fingerprint density at radius 3 is 3.10 bits per heavy atom. The van der Waals surface area contributed by atoms with Gasteiger partial charge in [-0.3, -0.25) is 0 Å². The van der Waals surface area contributed by atoms with Crippen LogP contribution in [0.1, 0.15) is 17.2 Å². The number of rotatable bonds is 2. The van der Waals surface area contributed by atoms with Gasteiger partial charge in [0.2, 0.25) is 0 Å². The molecule has 1 aliphatic carbocycles. The second-order valence-electron chi connectivity index (χ2n) is 2.80. The summed E-state index contributed by atoms with van der Waals surface area (Å²) < 4.78 is 0. The minimum Gasteiger partial charge on any atom is -0.396 e. The van der Waals surface area contributed by atoms with Gasteiger partial charge in [-0.1, -0.05) is 6.07 Å². The van der Waals surface area contributed by atoms with Crippen LogP contribution in [0.2, 0.25) is 0 Å². The summed E-state index contributed by atoms with van der Waals surface area (Å²) in [4.78, 5) is 1.44. The van der Waals surface area contributed by atoms with Crippen LogP contribution in [0, 0.1) is 5.92 Å². The zero-order valence-electron chi connectivity index (χ0n) is 5.66. The first kappa shape index (κ1) is 6.38. The maximum atomic E-state index is 8.78. The number of thiophene rings is 1. The van der Waals surface area contributed by atoms with E-state index in [0.717, 1.165) is 0 Å². The molecule has 0 unspecified atom stereocenters. The van der Waals surface area contributed by atoms with Gasteiger partial charge in [-0.25, -0.2) is 0 Å². The molecule has 10 heavy (non-hydrogen) atoms. The van der Waals surface area contributed by atoms with E-state index in [1.54, 1.807) is 11.3 Å². The van der Waals surface area contributed by atoms with Crippen LogP contribution in [0.4, 0.5) is 0 Å². The fourth-order valence-corrected chi connectivity index (χ4v) is 2.23. The Hall–Kier alpha value is -0.340. The van der Waals surface area contributed by atoms with Crippen molar-refractivity contribution < 1.29 is 5.11 Å². The Bertz CT molecular complexity index is 205. The highest BCUT2D eigenvalue weighted by atomic mass is 32.1. The standard InChI is InChI=1S/C8H10OS/c9-5-6-4-7(6)8-2-1-3-10-8/h1-3,6-7,9H,4-5H2/t6-,7+/m1/s1. The van der Waals surface area contributed by atoms with E-state index in [4.69, 9.17) is 5.11 Å². The average molecular weight is 154 g/mol. The molecule has 1 nitrogen and oxygen atoms in total. The van der Waals surface area contributed by atoms with Crippen molar-refractivity contribution in [1.29, 1.82) is 0 Å². The van der Waals surface area contributed by atoms with Crippen LogP contribution in [-0.2, 0) is 0 Å². The Kier molecular flexibility index (Phi) is 1.51. The zero-order chi connectivity index (χ0) is 6.97. The maximum Gasteiger partial charge on any atom is 0.0465 e. The number of aliphatic hydroxyl groups is 1. The van der Waals surface area contributed by atoms with Crippen LogP contribution in [0.3, 0.4) is 0 Å². The predicted molar refractivity (Wildman–Crippen MR) is 42.3 cm³/mol. The van der Waals surface area contributed by atoms with Crippen molar-refractivity contribution in [2.45, 2.75) is 12.3 Å². The molecule has 1 aromatic rings. The highest BCUT2D eigenvalue weighted by Crippen LogP contribution is 2.48. The van der Waals surface area contributed by atoms with Gasteiger partial charge in [0.05, 0.1) is 0 Å². The molecule has 1 heterocycles. The van der Waals surface area contributed by atoms with E-state index in [-0.39, 0.29) is 0 Å². The Labute approximate surface area is 64.3 Å². The van der Waals surface area contributed by atoms with E-state index in [1.807, 2.05) is 0 Å². The van der Waals surface area contributed by atoms with Crippen LogP contribution in [0.15, 0.2) is 17.5 Å². The maximum absolute atomic E-state index is 8.78. The second-order valence-corrected chi connectivity index (χ2v) is 3.78. The molecule has 1 aromatic heterocycles. The van der Waals surface area contributed by atoms with Gasteiger partial charge in [0, 0.05) is 11.5 Å². The summed E-state index contributed by atoms with van der Waals surface area (Å²) in [6.45, 7) is 0.364. The van der Waals surface area contributed by atoms with Gasteiger partial charge in [0.25, 0.3) is 0 Å². The third-order valence-corrected chi connectivity index (χ3v) is 3.07. The van der Waals surface area contributed by atoms with E-state index in [9.17, 15) is 0 Å². The lowest BCUT2D eigenvalue weighted by molar-refractivity contribution is 0.274. The number of hydrogen-bond acceptors (Lipinski definition) is 2. The summed E-state index contributed by atoms with van der Waals surface area (Å²) in [7, 11) is 0. The third kappa shape index (κ3) is 0.976. The summed E-state index contributed by atoms with van der Waals surface area (Å²) >= 11 is 1.80. The summed E-state index contributed by atoms with van der Waals surface area (Å²) in [5.41, 5.74) is 0. The Morgan fingerprint density at radius 2 is 2.60 bits per heavy atom. The highest BCUT2D eigenvalue weighted by molar-refractivity contribution is 7.10. The first-order chi connectivity index (χ1) is 4.92. The van der Waals surface area contributed by atoms with Crippen molar-refractivity contribution in [3.05, 3.63) is 22.4 Å². The molecule has 1 N–H and O–H groups in total. The largest absolute Gasteiger partial charge is 0.396 e. The van der Waals surface area contributed by atoms with Crippen molar-refractivity contribution in [2.75, 3.05) is 6.61 Å². The highest BCUT2D eigenvalue weighted by Gasteiger charge is 2.37. The predicted octanol–water partition coefficient (Wildman–Crippen LogP) is 1.84. The van der Waals surface area contributed by atoms with Gasteiger partial charge in [-0.15, -0.1) is 11.3 Å². The lowest BCUT2D eigenvalue weighted by atomic mass is 10.3. The topological polar surface area (TPSA) is 20.2 Å². The van der Waals surface area contributed by atoms with E-state index in [1.165, 1.54) is 11.3 Å². The van der Waals surface area contributed by atoms with Gasteiger partial charge < -0.3 is 5.11 Å². The zero-order valence-corrected chi connectivity index (χ0v) is 6.47. The molecule has 1 saturated carbocycles. The molecule has 0 spiro atoms. The monoisotopic (exact) mass is 154 g/mol. The molecule has 0 amide bonds. The smallest absolute Gasteiger partial charge is 0.0465 e. The molecule has 54 valence electrons. The molecule has 2 rings (SSSR count). The van der Waals surface area contributed by atoms with Crippen molar-refractivity contribution >= 4 is 11.3 Å². The first-order valence-corrected chi connectivity index (χ1v) is 4.44. The minimum atomic E-state index is 0.364. The van der Waals surface area contributed by atoms with Gasteiger partial charge in [-0.05, 0) is 29.7 Å². The van der Waals surface area contributed by atoms with Crippen LogP contribution >= 0.6 is 11.3 Å². The summed E-state index contributed by atoms with van der Waals surface area (Å²) in [5.74, 6) is 1.25. The minimum absolute atomic E-state index is 0.364. The molecule has 1 aliphatic rings. The SMILES string of the molecule is OC[C@H]1C[C@@H]1c1cccs1. The molecule has 0 saturated heterocycles. The molecule has 2 heteroatoms. The average Bonchev–Trinajstić information content (AvgIpc) is 2.56. The lowest BCUT2D eigenvalue weighted by Crippen LogP contribution is -1.85. The fourth-order valence-electron chi connectivity index (χ4n) is 1.30. The summed E-state index contributed by atoms with van der Waals surface area (Å²) in [5, 5.41) is 10.9. The molecular formula is C8H10OS. The third-order valence-electron chi connectivity index (χ3n) is 2.07. The molecule has 2 atom stereocenters. The van der Waals surface area contributed by atoms with Gasteiger partial charge in [-0.2, -0.15) is 0 Å². The van der Waals surface area contributed by atoms with Crippen molar-refractivity contribution in [2.24, 2.45) is 5.92 Å². The number of hydrogen-bond donors (Lipinski definition) is 1. The van der Waals surface area contributed by atoms with Gasteiger partial charge >= 0.3 is 0 Å². The van der Waals surface area contributed by atoms with Crippen LogP contribution in [0.25, 0.3) is 0 Å². The normalized spacial score (nSPS) is 30.5. The molecule has 0 aromatic carbocycles. The quantitative estimate of drug-likeness (QED) is 0.689. The van der Waals surface area contributed by atoms with E-state index in [0.29, 0.717) is 18.4 Å². The second kappa shape index (κ2) is 2.36. The molecule has 1 fully saturated rings. The first-order valence-electron chi connectivity index (χ1n) is 3.56. The molecule has 0 radical (unpaired) electrons. The van der Waals surface area contributed by atoms with Crippen LogP contribution < -0.4 is 0 Å². The van der Waals surface area contributed by atoms with Crippen LogP contribution in [-0.4, -0.2) is 11.7 Å². The Balaban J connectivity index is 2.05. The molecule has 0 bridgehead atoms. The van der Waals surface area contributed by atoms with E-state index >= 15 is 0 Å². The Morgan fingerprint density at radius 1 is 1.70 bits per heavy atom. The summed E-state index contributed by atoms with van der Waals surface area (Å²) in [6, 6.07) is 4.23. The fraction of sp³-hybridized carbons (Fsp3) is 0.500.